The molecular formula is C58H107NO10. The van der Waals surface area contributed by atoms with E-state index in [0.29, 0.717) is 19.3 Å². The number of amides is 1. The number of allylic oxidation sites excluding steroid dienone is 8. The van der Waals surface area contributed by atoms with E-state index in [2.05, 4.69) is 67.8 Å². The maximum absolute atomic E-state index is 13.2. The van der Waals surface area contributed by atoms with Crippen molar-refractivity contribution in [2.24, 2.45) is 0 Å². The van der Waals surface area contributed by atoms with Crippen LogP contribution in [0.25, 0.3) is 0 Å². The number of rotatable bonds is 48. The highest BCUT2D eigenvalue weighted by Gasteiger charge is 2.44. The molecule has 1 aliphatic rings. The van der Waals surface area contributed by atoms with Crippen molar-refractivity contribution in [3.05, 3.63) is 48.6 Å². The predicted octanol–water partition coefficient (Wildman–Crippen LogP) is 11.7. The van der Waals surface area contributed by atoms with E-state index in [9.17, 15) is 40.5 Å². The molecule has 1 aliphatic heterocycles. The summed E-state index contributed by atoms with van der Waals surface area (Å²) in [5.41, 5.74) is 0. The molecule has 0 aromatic carbocycles. The highest BCUT2D eigenvalue weighted by molar-refractivity contribution is 5.80. The van der Waals surface area contributed by atoms with Crippen LogP contribution in [0.15, 0.2) is 48.6 Å². The Balaban J connectivity index is 2.38. The summed E-state index contributed by atoms with van der Waals surface area (Å²) in [6, 6.07) is -1.20. The standard InChI is InChI=1S/C58H107NO10/c1-3-5-7-9-11-13-15-17-19-21-23-24-25-26-28-29-31-33-35-37-39-41-43-45-50(61)53(63)49(48-68-58-56(66)55(65)54(64)52(47-60)69-58)59-57(67)51(62)46-44-42-40-38-36-34-32-30-27-22-20-18-16-14-12-10-8-6-4-2/h24-25,27,29-31,37,39,49-56,58,60-66H,3-23,26,28,32-36,38,40-48H2,1-2H3,(H,59,67)/b25-24+,30-27-,31-29+,39-37+. The van der Waals surface area contributed by atoms with Gasteiger partial charge in [-0.3, -0.25) is 4.79 Å². The first kappa shape index (κ1) is 65.1. The Labute approximate surface area is 421 Å². The van der Waals surface area contributed by atoms with E-state index in [4.69, 9.17) is 9.47 Å². The van der Waals surface area contributed by atoms with Gasteiger partial charge in [0.05, 0.1) is 25.4 Å². The number of carbonyl (C=O) groups excluding carboxylic acids is 1. The van der Waals surface area contributed by atoms with Crippen molar-refractivity contribution in [3.63, 3.8) is 0 Å². The number of aliphatic hydroxyl groups is 7. The van der Waals surface area contributed by atoms with E-state index in [1.807, 2.05) is 0 Å². The largest absolute Gasteiger partial charge is 0.394 e. The molecule has 9 unspecified atom stereocenters. The first-order valence-electron chi connectivity index (χ1n) is 28.5. The lowest BCUT2D eigenvalue weighted by Gasteiger charge is -2.40. The van der Waals surface area contributed by atoms with Gasteiger partial charge < -0.3 is 50.5 Å². The molecule has 0 spiro atoms. The Morgan fingerprint density at radius 2 is 0.870 bits per heavy atom. The van der Waals surface area contributed by atoms with Gasteiger partial charge in [-0.25, -0.2) is 0 Å². The lowest BCUT2D eigenvalue weighted by Crippen LogP contribution is -2.60. The van der Waals surface area contributed by atoms with Crippen molar-refractivity contribution in [1.29, 1.82) is 0 Å². The average Bonchev–Trinajstić information content (AvgIpc) is 3.35. The molecule has 8 N–H and O–H groups in total. The lowest BCUT2D eigenvalue weighted by atomic mass is 9.98. The molecule has 0 saturated carbocycles. The third-order valence-corrected chi connectivity index (χ3v) is 13.6. The molecule has 0 aliphatic carbocycles. The molecule has 1 amide bonds. The summed E-state index contributed by atoms with van der Waals surface area (Å²) in [6.07, 6.45) is 47.3. The average molecular weight is 978 g/mol. The van der Waals surface area contributed by atoms with E-state index in [0.717, 1.165) is 64.2 Å². The molecule has 9 atom stereocenters. The predicted molar refractivity (Wildman–Crippen MR) is 284 cm³/mol. The van der Waals surface area contributed by atoms with Crippen LogP contribution < -0.4 is 5.32 Å². The summed E-state index contributed by atoms with van der Waals surface area (Å²) < 4.78 is 11.1. The Kier molecular flexibility index (Phi) is 44.4. The van der Waals surface area contributed by atoms with Crippen LogP contribution in [0.1, 0.15) is 245 Å². The van der Waals surface area contributed by atoms with Gasteiger partial charge in [0.2, 0.25) is 5.91 Å². The van der Waals surface area contributed by atoms with Crippen molar-refractivity contribution in [2.75, 3.05) is 13.2 Å². The third kappa shape index (κ3) is 35.8. The van der Waals surface area contributed by atoms with E-state index in [1.165, 1.54) is 135 Å². The van der Waals surface area contributed by atoms with E-state index >= 15 is 0 Å². The highest BCUT2D eigenvalue weighted by Crippen LogP contribution is 2.23. The van der Waals surface area contributed by atoms with E-state index < -0.39 is 74.2 Å². The van der Waals surface area contributed by atoms with Crippen LogP contribution in [0.5, 0.6) is 0 Å². The second kappa shape index (κ2) is 47.1. The van der Waals surface area contributed by atoms with Crippen molar-refractivity contribution >= 4 is 5.91 Å². The van der Waals surface area contributed by atoms with Crippen LogP contribution in [-0.4, -0.2) is 110 Å². The van der Waals surface area contributed by atoms with Gasteiger partial charge in [0.15, 0.2) is 6.29 Å². The summed E-state index contributed by atoms with van der Waals surface area (Å²) >= 11 is 0. The molecule has 0 aromatic heterocycles. The van der Waals surface area contributed by atoms with Gasteiger partial charge in [0.25, 0.3) is 0 Å². The lowest BCUT2D eigenvalue weighted by molar-refractivity contribution is -0.303. The third-order valence-electron chi connectivity index (χ3n) is 13.6. The molecule has 69 heavy (non-hydrogen) atoms. The molecule has 11 nitrogen and oxygen atoms in total. The first-order chi connectivity index (χ1) is 33.7. The van der Waals surface area contributed by atoms with Crippen molar-refractivity contribution < 1.29 is 50.0 Å². The Morgan fingerprint density at radius 3 is 1.29 bits per heavy atom. The number of ether oxygens (including phenoxy) is 2. The fraction of sp³-hybridized carbons (Fsp3) is 0.845. The molecule has 0 aromatic rings. The second-order valence-electron chi connectivity index (χ2n) is 20.0. The summed E-state index contributed by atoms with van der Waals surface area (Å²) in [7, 11) is 0. The number of aliphatic hydroxyl groups excluding tert-OH is 7. The van der Waals surface area contributed by atoms with E-state index in [-0.39, 0.29) is 12.8 Å². The van der Waals surface area contributed by atoms with Crippen LogP contribution in [0, 0.1) is 0 Å². The number of carbonyl (C=O) groups is 1. The molecule has 0 radical (unpaired) electrons. The molecule has 1 fully saturated rings. The molecular weight excluding hydrogens is 871 g/mol. The summed E-state index contributed by atoms with van der Waals surface area (Å²) in [6.45, 7) is 3.44. The summed E-state index contributed by atoms with van der Waals surface area (Å²) in [5, 5.41) is 76.0. The van der Waals surface area contributed by atoms with Crippen LogP contribution in [-0.2, 0) is 14.3 Å². The monoisotopic (exact) mass is 978 g/mol. The van der Waals surface area contributed by atoms with Crippen molar-refractivity contribution in [3.8, 4) is 0 Å². The maximum atomic E-state index is 13.2. The zero-order valence-electron chi connectivity index (χ0n) is 44.0. The molecule has 1 saturated heterocycles. The van der Waals surface area contributed by atoms with Crippen LogP contribution in [0.2, 0.25) is 0 Å². The zero-order valence-corrected chi connectivity index (χ0v) is 44.0. The number of nitrogens with one attached hydrogen (secondary N) is 1. The fourth-order valence-corrected chi connectivity index (χ4v) is 8.88. The molecule has 404 valence electrons. The number of hydrogen-bond donors (Lipinski definition) is 8. The maximum Gasteiger partial charge on any atom is 0.249 e. The normalized spacial score (nSPS) is 20.7. The quantitative estimate of drug-likeness (QED) is 0.0215. The SMILES string of the molecule is CCCCCCCCCCC/C=C\CCCCCCCCC(O)C(=O)NC(COC1OC(CO)C(O)C(O)C1O)C(O)C(O)CCC/C=C/CC/C=C/CC/C=C/CCCCCCCCCCCC. The topological polar surface area (TPSA) is 189 Å². The summed E-state index contributed by atoms with van der Waals surface area (Å²) in [4.78, 5) is 13.2. The van der Waals surface area contributed by atoms with Gasteiger partial charge in [-0.2, -0.15) is 0 Å². The minimum Gasteiger partial charge on any atom is -0.394 e. The van der Waals surface area contributed by atoms with Gasteiger partial charge in [0.1, 0.15) is 36.6 Å². The molecule has 0 bridgehead atoms. The van der Waals surface area contributed by atoms with Gasteiger partial charge in [-0.05, 0) is 89.9 Å². The van der Waals surface area contributed by atoms with Crippen LogP contribution in [0.4, 0.5) is 0 Å². The highest BCUT2D eigenvalue weighted by atomic mass is 16.7. The van der Waals surface area contributed by atoms with Gasteiger partial charge in [0, 0.05) is 0 Å². The Hall–Kier alpha value is -1.93. The first-order valence-corrected chi connectivity index (χ1v) is 28.5. The number of hydrogen-bond acceptors (Lipinski definition) is 10. The van der Waals surface area contributed by atoms with Crippen LogP contribution in [0.3, 0.4) is 0 Å². The van der Waals surface area contributed by atoms with Crippen molar-refractivity contribution in [2.45, 2.75) is 300 Å². The minimum atomic E-state index is -1.68. The smallest absolute Gasteiger partial charge is 0.249 e. The Bertz CT molecular complexity index is 1260. The zero-order chi connectivity index (χ0) is 50.4. The van der Waals surface area contributed by atoms with Crippen molar-refractivity contribution in [1.82, 2.24) is 5.32 Å². The van der Waals surface area contributed by atoms with Gasteiger partial charge in [-0.1, -0.05) is 204 Å². The van der Waals surface area contributed by atoms with Crippen LogP contribution >= 0.6 is 0 Å². The Morgan fingerprint density at radius 1 is 0.493 bits per heavy atom. The van der Waals surface area contributed by atoms with Gasteiger partial charge >= 0.3 is 0 Å². The van der Waals surface area contributed by atoms with Gasteiger partial charge in [-0.15, -0.1) is 0 Å². The molecule has 1 heterocycles. The summed E-state index contributed by atoms with van der Waals surface area (Å²) in [5.74, 6) is -0.717. The fourth-order valence-electron chi connectivity index (χ4n) is 8.88. The number of unbranched alkanes of at least 4 members (excludes halogenated alkanes) is 28. The molecule has 1 rings (SSSR count). The second-order valence-corrected chi connectivity index (χ2v) is 20.0. The minimum absolute atomic E-state index is 0.239. The molecule has 11 heteroatoms. The van der Waals surface area contributed by atoms with E-state index in [1.54, 1.807) is 0 Å².